The van der Waals surface area contributed by atoms with Gasteiger partial charge in [0.2, 0.25) is 0 Å². The standard InChI is InChI=1S/C16H17ClF3N3OS/c17-9-4-6-11(7-5-9)25(24)23-10-2-1-3-13(23)14(12(21)8-10)15(22)16(18,19)20/h4-7,10,13,21H,1-3,8,22H2/b15-14+,21-12?. The van der Waals surface area contributed by atoms with Gasteiger partial charge in [0.05, 0.1) is 23.4 Å². The Labute approximate surface area is 151 Å². The van der Waals surface area contributed by atoms with Gasteiger partial charge < -0.3 is 15.7 Å². The van der Waals surface area contributed by atoms with E-state index in [4.69, 9.17) is 22.7 Å². The molecule has 2 aliphatic heterocycles. The fourth-order valence-corrected chi connectivity index (χ4v) is 5.12. The van der Waals surface area contributed by atoms with E-state index in [0.29, 0.717) is 29.2 Å². The summed E-state index contributed by atoms with van der Waals surface area (Å²) in [4.78, 5) is 0.472. The Morgan fingerprint density at radius 1 is 1.28 bits per heavy atom. The lowest BCUT2D eigenvalue weighted by Gasteiger charge is -2.46. The zero-order valence-electron chi connectivity index (χ0n) is 13.1. The molecule has 0 spiro atoms. The van der Waals surface area contributed by atoms with Crippen LogP contribution in [0.2, 0.25) is 5.02 Å². The van der Waals surface area contributed by atoms with Crippen LogP contribution >= 0.6 is 11.6 Å². The topological polar surface area (TPSA) is 76.2 Å². The fraction of sp³-hybridized carbons (Fsp3) is 0.438. The molecule has 1 aromatic carbocycles. The van der Waals surface area contributed by atoms with Crippen molar-refractivity contribution >= 4 is 28.7 Å². The first-order valence-electron chi connectivity index (χ1n) is 7.80. The maximum Gasteiger partial charge on any atom is 0.431 e. The lowest BCUT2D eigenvalue weighted by molar-refractivity contribution is -0.0939. The van der Waals surface area contributed by atoms with Gasteiger partial charge in [0.15, 0.2) is 4.90 Å². The molecule has 2 heterocycles. The van der Waals surface area contributed by atoms with Gasteiger partial charge in [-0.15, -0.1) is 4.31 Å². The maximum absolute atomic E-state index is 13.1. The van der Waals surface area contributed by atoms with Gasteiger partial charge in [0.1, 0.15) is 5.70 Å². The molecule has 9 heteroatoms. The van der Waals surface area contributed by atoms with Crippen LogP contribution in [0.1, 0.15) is 25.7 Å². The van der Waals surface area contributed by atoms with Crippen LogP contribution in [0.5, 0.6) is 0 Å². The smallest absolute Gasteiger partial charge is 0.431 e. The number of benzene rings is 1. The normalized spacial score (nSPS) is 28.0. The highest BCUT2D eigenvalue weighted by Gasteiger charge is 2.50. The van der Waals surface area contributed by atoms with E-state index in [1.165, 1.54) is 0 Å². The predicted octanol–water partition coefficient (Wildman–Crippen LogP) is 3.78. The molecule has 3 rings (SSSR count). The summed E-state index contributed by atoms with van der Waals surface area (Å²) in [5.74, 6) is 0. The summed E-state index contributed by atoms with van der Waals surface area (Å²) in [5, 5.41) is 8.53. The van der Waals surface area contributed by atoms with E-state index in [9.17, 15) is 17.7 Å². The highest BCUT2D eigenvalue weighted by atomic mass is 35.5. The molecular weight excluding hydrogens is 375 g/mol. The Hall–Kier alpha value is -1.22. The van der Waals surface area contributed by atoms with Gasteiger partial charge in [-0.2, -0.15) is 13.2 Å². The van der Waals surface area contributed by atoms with Crippen LogP contribution in [0.15, 0.2) is 40.4 Å². The van der Waals surface area contributed by atoms with Crippen molar-refractivity contribution in [3.8, 4) is 0 Å². The van der Waals surface area contributed by atoms with E-state index in [0.717, 1.165) is 0 Å². The van der Waals surface area contributed by atoms with Gasteiger partial charge in [-0.1, -0.05) is 11.6 Å². The number of halogens is 4. The van der Waals surface area contributed by atoms with Gasteiger partial charge in [-0.25, -0.2) is 0 Å². The lowest BCUT2D eigenvalue weighted by Crippen LogP contribution is -2.57. The van der Waals surface area contributed by atoms with Crippen LogP contribution in [0.3, 0.4) is 0 Å². The number of nitrogens with zero attached hydrogens (tertiary/aromatic N) is 1. The Morgan fingerprint density at radius 3 is 2.52 bits per heavy atom. The van der Waals surface area contributed by atoms with Gasteiger partial charge in [-0.3, -0.25) is 0 Å². The average molecular weight is 392 g/mol. The Balaban J connectivity index is 2.01. The monoisotopic (exact) mass is 391 g/mol. The number of nitrogens with two attached hydrogens (primary N) is 1. The highest BCUT2D eigenvalue weighted by molar-refractivity contribution is 7.89. The number of alkyl halides is 3. The second-order valence-corrected chi connectivity index (χ2v) is 8.00. The van der Waals surface area contributed by atoms with Crippen molar-refractivity contribution in [2.45, 2.75) is 48.8 Å². The summed E-state index contributed by atoms with van der Waals surface area (Å²) in [5.41, 5.74) is 3.76. The molecule has 3 atom stereocenters. The molecular formula is C16H17ClF3N3OS. The van der Waals surface area contributed by atoms with E-state index >= 15 is 0 Å². The summed E-state index contributed by atoms with van der Waals surface area (Å²) in [7, 11) is 0. The number of piperidine rings is 2. The molecule has 3 unspecified atom stereocenters. The zero-order valence-corrected chi connectivity index (χ0v) is 14.7. The first-order chi connectivity index (χ1) is 11.7. The third kappa shape index (κ3) is 3.53. The van der Waals surface area contributed by atoms with Gasteiger partial charge in [-0.05, 0) is 43.5 Å². The van der Waals surface area contributed by atoms with Crippen LogP contribution < -0.4 is 5.73 Å². The molecule has 2 bridgehead atoms. The van der Waals surface area contributed by atoms with Crippen molar-refractivity contribution < 1.29 is 17.7 Å². The fourth-order valence-electron chi connectivity index (χ4n) is 3.48. The summed E-state index contributed by atoms with van der Waals surface area (Å²) in [6.45, 7) is 0. The molecule has 2 fully saturated rings. The molecule has 0 saturated carbocycles. The van der Waals surface area contributed by atoms with E-state index in [2.05, 4.69) is 0 Å². The lowest BCUT2D eigenvalue weighted by atomic mass is 9.81. The van der Waals surface area contributed by atoms with E-state index in [1.807, 2.05) is 0 Å². The quantitative estimate of drug-likeness (QED) is 0.753. The van der Waals surface area contributed by atoms with Crippen molar-refractivity contribution in [3.05, 3.63) is 40.6 Å². The molecule has 0 aromatic heterocycles. The number of fused-ring (bicyclic) bond motifs is 2. The van der Waals surface area contributed by atoms with Crippen molar-refractivity contribution in [1.82, 2.24) is 4.31 Å². The molecule has 25 heavy (non-hydrogen) atoms. The molecule has 1 aromatic rings. The van der Waals surface area contributed by atoms with Crippen LogP contribution in [0, 0.1) is 5.41 Å². The number of hydrogen-bond donors (Lipinski definition) is 2. The van der Waals surface area contributed by atoms with E-state index < -0.39 is 29.3 Å². The molecule has 2 aliphatic rings. The Kier molecular flexibility index (Phi) is 5.07. The summed E-state index contributed by atoms with van der Waals surface area (Å²) < 4.78 is 54.0. The molecule has 4 nitrogen and oxygen atoms in total. The SMILES string of the molecule is N=C1CC2CCCC(/C1=C(/N)C(F)(F)F)N2[S+]([O-])c1ccc(Cl)cc1. The molecule has 0 radical (unpaired) electrons. The van der Waals surface area contributed by atoms with Crippen molar-refractivity contribution in [1.29, 1.82) is 5.41 Å². The second kappa shape index (κ2) is 6.83. The van der Waals surface area contributed by atoms with Gasteiger partial charge in [0.25, 0.3) is 0 Å². The van der Waals surface area contributed by atoms with Crippen LogP contribution in [-0.2, 0) is 11.4 Å². The molecule has 2 saturated heterocycles. The highest BCUT2D eigenvalue weighted by Crippen LogP contribution is 2.42. The molecule has 0 aliphatic carbocycles. The van der Waals surface area contributed by atoms with E-state index in [-0.39, 0.29) is 23.7 Å². The number of allylic oxidation sites excluding steroid dienone is 1. The van der Waals surface area contributed by atoms with Crippen molar-refractivity contribution in [3.63, 3.8) is 0 Å². The van der Waals surface area contributed by atoms with E-state index in [1.54, 1.807) is 28.6 Å². The molecule has 3 N–H and O–H groups in total. The summed E-state index contributed by atoms with van der Waals surface area (Å²) in [6, 6.07) is 5.40. The van der Waals surface area contributed by atoms with Crippen molar-refractivity contribution in [2.75, 3.05) is 0 Å². The first-order valence-corrected chi connectivity index (χ1v) is 9.29. The minimum atomic E-state index is -4.71. The molecule has 136 valence electrons. The van der Waals surface area contributed by atoms with Crippen molar-refractivity contribution in [2.24, 2.45) is 5.73 Å². The second-order valence-electron chi connectivity index (χ2n) is 6.17. The third-order valence-corrected chi connectivity index (χ3v) is 6.45. The Bertz CT molecular complexity index is 708. The van der Waals surface area contributed by atoms with Gasteiger partial charge >= 0.3 is 6.18 Å². The molecule has 0 amide bonds. The average Bonchev–Trinajstić information content (AvgIpc) is 2.53. The third-order valence-electron chi connectivity index (χ3n) is 4.58. The van der Waals surface area contributed by atoms with Crippen LogP contribution in [0.25, 0.3) is 0 Å². The largest absolute Gasteiger partial charge is 0.593 e. The maximum atomic E-state index is 13.1. The first kappa shape index (κ1) is 18.6. The Morgan fingerprint density at radius 2 is 1.92 bits per heavy atom. The number of nitrogens with one attached hydrogen (secondary N) is 1. The number of hydrogen-bond acceptors (Lipinski definition) is 4. The van der Waals surface area contributed by atoms with Crippen LogP contribution in [0.4, 0.5) is 13.2 Å². The van der Waals surface area contributed by atoms with Crippen LogP contribution in [-0.4, -0.2) is 32.8 Å². The zero-order chi connectivity index (χ0) is 18.4. The minimum absolute atomic E-state index is 0.103. The number of rotatable bonds is 2. The summed E-state index contributed by atoms with van der Waals surface area (Å²) in [6.07, 6.45) is -2.80. The predicted molar refractivity (Wildman–Crippen MR) is 90.7 cm³/mol. The summed E-state index contributed by atoms with van der Waals surface area (Å²) >= 11 is 4.20. The van der Waals surface area contributed by atoms with Gasteiger partial charge in [0, 0.05) is 22.7 Å². The minimum Gasteiger partial charge on any atom is -0.593 e.